The van der Waals surface area contributed by atoms with E-state index < -0.39 is 0 Å². The standard InChI is InChI=1S/C26H29N5O4/c1-33-22-10-4-19(5-11-22)16-30(17-20-6-12-23(34-2)13-7-20)26-27-25(29-32)28-31(26)18-21-8-14-24(35-3)15-9-21/h4-15H,16-18,29H2,1-3H3. The van der Waals surface area contributed by atoms with E-state index in [2.05, 4.69) is 15.0 Å². The van der Waals surface area contributed by atoms with E-state index in [0.717, 1.165) is 33.9 Å². The molecule has 0 aliphatic heterocycles. The van der Waals surface area contributed by atoms with Crippen molar-refractivity contribution in [1.82, 2.24) is 14.8 Å². The van der Waals surface area contributed by atoms with E-state index in [1.54, 1.807) is 26.0 Å². The molecule has 0 aliphatic carbocycles. The first-order valence-corrected chi connectivity index (χ1v) is 11.2. The summed E-state index contributed by atoms with van der Waals surface area (Å²) in [4.78, 5) is 6.66. The Balaban J connectivity index is 1.67. The summed E-state index contributed by atoms with van der Waals surface area (Å²) in [5.74, 6) is 3.11. The number of aromatic nitrogens is 3. The van der Waals surface area contributed by atoms with E-state index in [-0.39, 0.29) is 5.95 Å². The molecule has 0 amide bonds. The monoisotopic (exact) mass is 475 g/mol. The van der Waals surface area contributed by atoms with Gasteiger partial charge in [0.05, 0.1) is 27.9 Å². The van der Waals surface area contributed by atoms with Crippen molar-refractivity contribution < 1.29 is 19.7 Å². The molecule has 0 saturated heterocycles. The largest absolute Gasteiger partial charge is 0.628 e. The van der Waals surface area contributed by atoms with Crippen LogP contribution in [0.25, 0.3) is 0 Å². The number of quaternary nitrogens is 1. The normalized spacial score (nSPS) is 10.7. The van der Waals surface area contributed by atoms with Crippen LogP contribution in [0.2, 0.25) is 0 Å². The highest BCUT2D eigenvalue weighted by Crippen LogP contribution is 2.23. The highest BCUT2D eigenvalue weighted by Gasteiger charge is 2.19. The van der Waals surface area contributed by atoms with Crippen LogP contribution in [-0.2, 0) is 19.6 Å². The van der Waals surface area contributed by atoms with Crippen LogP contribution in [0.4, 0.5) is 11.9 Å². The number of hydrogen-bond acceptors (Lipinski definition) is 7. The van der Waals surface area contributed by atoms with Crippen LogP contribution in [0.5, 0.6) is 17.2 Å². The summed E-state index contributed by atoms with van der Waals surface area (Å²) in [7, 11) is 4.93. The molecule has 4 aromatic rings. The zero-order valence-electron chi connectivity index (χ0n) is 20.0. The van der Waals surface area contributed by atoms with Gasteiger partial charge in [0, 0.05) is 13.1 Å². The van der Waals surface area contributed by atoms with Crippen molar-refractivity contribution >= 4 is 11.9 Å². The Kier molecular flexibility index (Phi) is 7.81. The van der Waals surface area contributed by atoms with E-state index in [1.165, 1.54) is 0 Å². The molecule has 1 heterocycles. The van der Waals surface area contributed by atoms with Crippen molar-refractivity contribution in [2.24, 2.45) is 0 Å². The number of nitrogens with zero attached hydrogens (tertiary/aromatic N) is 4. The Morgan fingerprint density at radius 3 is 1.54 bits per heavy atom. The second kappa shape index (κ2) is 11.4. The number of hydrogen-bond donors (Lipinski definition) is 1. The maximum atomic E-state index is 11.6. The Hall–Kier alpha value is -4.08. The molecule has 0 aliphatic rings. The van der Waals surface area contributed by atoms with Gasteiger partial charge < -0.3 is 29.8 Å². The fourth-order valence-electron chi connectivity index (χ4n) is 3.74. The SMILES string of the molecule is COc1ccc(CN(Cc2ccc(OC)cc2)c2nc([NH2+][O-])nn2Cc2ccc(OC)cc2)cc1. The van der Waals surface area contributed by atoms with Crippen LogP contribution in [0.1, 0.15) is 16.7 Å². The van der Waals surface area contributed by atoms with Crippen LogP contribution >= 0.6 is 0 Å². The lowest BCUT2D eigenvalue weighted by atomic mass is 10.1. The average Bonchev–Trinajstić information content (AvgIpc) is 3.32. The number of anilines is 1. The summed E-state index contributed by atoms with van der Waals surface area (Å²) < 4.78 is 17.6. The Morgan fingerprint density at radius 2 is 1.14 bits per heavy atom. The molecule has 182 valence electrons. The van der Waals surface area contributed by atoms with Gasteiger partial charge in [0.25, 0.3) is 0 Å². The summed E-state index contributed by atoms with van der Waals surface area (Å²) in [6.45, 7) is 1.59. The predicted octanol–water partition coefficient (Wildman–Crippen LogP) is 3.25. The average molecular weight is 476 g/mol. The third kappa shape index (κ3) is 6.08. The number of nitrogens with two attached hydrogens (primary N) is 1. The highest BCUT2D eigenvalue weighted by molar-refractivity contribution is 5.40. The molecule has 9 heteroatoms. The molecule has 0 atom stereocenters. The minimum Gasteiger partial charge on any atom is -0.628 e. The summed E-state index contributed by atoms with van der Waals surface area (Å²) in [5, 5.41) is 16.0. The zero-order valence-corrected chi connectivity index (χ0v) is 20.0. The quantitative estimate of drug-likeness (QED) is 0.332. The van der Waals surface area contributed by atoms with Crippen molar-refractivity contribution in [3.63, 3.8) is 0 Å². The summed E-state index contributed by atoms with van der Waals surface area (Å²) in [5.41, 5.74) is 3.84. The summed E-state index contributed by atoms with van der Waals surface area (Å²) in [6.07, 6.45) is 0. The fourth-order valence-corrected chi connectivity index (χ4v) is 3.74. The van der Waals surface area contributed by atoms with E-state index >= 15 is 0 Å². The van der Waals surface area contributed by atoms with Gasteiger partial charge in [0.15, 0.2) is 0 Å². The van der Waals surface area contributed by atoms with Gasteiger partial charge in [0.2, 0.25) is 5.95 Å². The molecule has 0 unspecified atom stereocenters. The van der Waals surface area contributed by atoms with Crippen LogP contribution in [0, 0.1) is 5.21 Å². The Morgan fingerprint density at radius 1 is 0.714 bits per heavy atom. The molecule has 0 bridgehead atoms. The van der Waals surface area contributed by atoms with Gasteiger partial charge in [0.1, 0.15) is 17.2 Å². The first kappa shape index (κ1) is 24.1. The van der Waals surface area contributed by atoms with Crippen LogP contribution < -0.4 is 24.6 Å². The minimum absolute atomic E-state index is 0.142. The number of ether oxygens (including phenoxy) is 3. The molecular weight excluding hydrogens is 446 g/mol. The summed E-state index contributed by atoms with van der Waals surface area (Å²) >= 11 is 0. The molecular formula is C26H29N5O4. The first-order valence-electron chi connectivity index (χ1n) is 11.2. The fraction of sp³-hybridized carbons (Fsp3) is 0.231. The molecule has 0 radical (unpaired) electrons. The third-order valence-electron chi connectivity index (χ3n) is 5.61. The van der Waals surface area contributed by atoms with E-state index in [0.29, 0.717) is 31.1 Å². The molecule has 0 saturated carbocycles. The van der Waals surface area contributed by atoms with E-state index in [4.69, 9.17) is 14.2 Å². The van der Waals surface area contributed by atoms with Gasteiger partial charge in [-0.1, -0.05) is 41.5 Å². The van der Waals surface area contributed by atoms with Crippen molar-refractivity contribution in [2.45, 2.75) is 19.6 Å². The highest BCUT2D eigenvalue weighted by atomic mass is 16.5. The maximum absolute atomic E-state index is 11.6. The first-order chi connectivity index (χ1) is 17.1. The Bertz CT molecular complexity index is 1160. The molecule has 0 spiro atoms. The van der Waals surface area contributed by atoms with Crippen LogP contribution in [-0.4, -0.2) is 36.1 Å². The van der Waals surface area contributed by atoms with Gasteiger partial charge in [-0.2, -0.15) is 0 Å². The smallest absolute Gasteiger partial charge is 0.346 e. The molecule has 4 rings (SSSR count). The summed E-state index contributed by atoms with van der Waals surface area (Å²) in [6, 6.07) is 23.5. The molecule has 2 N–H and O–H groups in total. The van der Waals surface area contributed by atoms with Gasteiger partial charge in [-0.05, 0) is 53.1 Å². The van der Waals surface area contributed by atoms with Crippen molar-refractivity contribution in [3.05, 3.63) is 94.7 Å². The lowest BCUT2D eigenvalue weighted by Gasteiger charge is -2.24. The lowest BCUT2D eigenvalue weighted by Crippen LogP contribution is -2.71. The molecule has 35 heavy (non-hydrogen) atoms. The maximum Gasteiger partial charge on any atom is 0.346 e. The Labute approximate surface area is 204 Å². The van der Waals surface area contributed by atoms with E-state index in [9.17, 15) is 5.21 Å². The second-order valence-corrected chi connectivity index (χ2v) is 7.95. The van der Waals surface area contributed by atoms with Gasteiger partial charge in [-0.15, -0.1) is 4.98 Å². The van der Waals surface area contributed by atoms with Gasteiger partial charge in [-0.3, -0.25) is 0 Å². The number of benzene rings is 3. The second-order valence-electron chi connectivity index (χ2n) is 7.95. The minimum atomic E-state index is 0.142. The van der Waals surface area contributed by atoms with Crippen molar-refractivity contribution in [1.29, 1.82) is 0 Å². The molecule has 1 aromatic heterocycles. The van der Waals surface area contributed by atoms with Gasteiger partial charge in [-0.25, -0.2) is 4.68 Å². The van der Waals surface area contributed by atoms with Crippen molar-refractivity contribution in [2.75, 3.05) is 26.2 Å². The zero-order chi connectivity index (χ0) is 24.6. The van der Waals surface area contributed by atoms with Crippen molar-refractivity contribution in [3.8, 4) is 17.2 Å². The lowest BCUT2D eigenvalue weighted by molar-refractivity contribution is -0.505. The predicted molar refractivity (Wildman–Crippen MR) is 133 cm³/mol. The van der Waals surface area contributed by atoms with Crippen LogP contribution in [0.3, 0.4) is 0 Å². The molecule has 9 nitrogen and oxygen atoms in total. The molecule has 0 fully saturated rings. The number of methoxy groups -OCH3 is 3. The van der Waals surface area contributed by atoms with Gasteiger partial charge >= 0.3 is 5.95 Å². The third-order valence-corrected chi connectivity index (χ3v) is 5.61. The number of rotatable bonds is 11. The van der Waals surface area contributed by atoms with Crippen LogP contribution in [0.15, 0.2) is 72.8 Å². The topological polar surface area (TPSA) is 101 Å². The molecule has 3 aromatic carbocycles. The van der Waals surface area contributed by atoms with E-state index in [1.807, 2.05) is 72.8 Å².